The Morgan fingerprint density at radius 3 is 2.59 bits per heavy atom. The van der Waals surface area contributed by atoms with Crippen molar-refractivity contribution in [1.82, 2.24) is 9.97 Å². The molecule has 17 heavy (non-hydrogen) atoms. The second-order valence-corrected chi connectivity index (χ2v) is 4.26. The third-order valence-corrected chi connectivity index (χ3v) is 2.21. The molecule has 0 amide bonds. The lowest BCUT2D eigenvalue weighted by Crippen LogP contribution is -2.27. The van der Waals surface area contributed by atoms with Gasteiger partial charge in [0.05, 0.1) is 0 Å². The van der Waals surface area contributed by atoms with Gasteiger partial charge < -0.3 is 10.4 Å². The quantitative estimate of drug-likeness (QED) is 0.802. The van der Waals surface area contributed by atoms with Crippen LogP contribution in [0, 0.1) is 0 Å². The zero-order valence-corrected chi connectivity index (χ0v) is 10.2. The van der Waals surface area contributed by atoms with E-state index in [4.69, 9.17) is 16.7 Å². The molecule has 0 aromatic carbocycles. The van der Waals surface area contributed by atoms with Crippen LogP contribution in [0.3, 0.4) is 0 Å². The highest BCUT2D eigenvalue weighted by Gasteiger charge is 2.16. The van der Waals surface area contributed by atoms with Gasteiger partial charge in [0, 0.05) is 18.5 Å². The Balaban J connectivity index is 2.71. The summed E-state index contributed by atoms with van der Waals surface area (Å²) in [4.78, 5) is 8.10. The Kier molecular flexibility index (Phi) is 5.02. The van der Waals surface area contributed by atoms with E-state index in [1.54, 1.807) is 0 Å². The van der Waals surface area contributed by atoms with Crippen molar-refractivity contribution < 1.29 is 13.9 Å². The Morgan fingerprint density at radius 2 is 2.06 bits per heavy atom. The van der Waals surface area contributed by atoms with E-state index in [9.17, 15) is 8.78 Å². The number of hydrogen-bond donors (Lipinski definition) is 2. The zero-order valence-electron chi connectivity index (χ0n) is 9.49. The molecule has 0 aliphatic carbocycles. The number of anilines is 1. The van der Waals surface area contributed by atoms with E-state index >= 15 is 0 Å². The third kappa shape index (κ3) is 4.40. The third-order valence-electron chi connectivity index (χ3n) is 2.01. The molecule has 96 valence electrons. The number of nitrogens with one attached hydrogen (secondary N) is 1. The Morgan fingerprint density at radius 1 is 1.41 bits per heavy atom. The molecule has 0 saturated heterocycles. The van der Waals surface area contributed by atoms with Crippen molar-refractivity contribution in [2.75, 3.05) is 11.9 Å². The monoisotopic (exact) mass is 265 g/mol. The summed E-state index contributed by atoms with van der Waals surface area (Å²) in [5.41, 5.74) is 0. The van der Waals surface area contributed by atoms with Gasteiger partial charge in [-0.1, -0.05) is 25.4 Å². The molecule has 4 nitrogen and oxygen atoms in total. The lowest BCUT2D eigenvalue weighted by Gasteiger charge is -2.12. The first-order chi connectivity index (χ1) is 7.90. The van der Waals surface area contributed by atoms with E-state index in [0.29, 0.717) is 11.6 Å². The summed E-state index contributed by atoms with van der Waals surface area (Å²) in [7, 11) is 0. The molecule has 0 radical (unpaired) electrons. The number of aromatic nitrogens is 2. The van der Waals surface area contributed by atoms with Gasteiger partial charge in [0.1, 0.15) is 22.9 Å². The lowest BCUT2D eigenvalue weighted by molar-refractivity contribution is 0.00380. The highest BCUT2D eigenvalue weighted by atomic mass is 35.5. The summed E-state index contributed by atoms with van der Waals surface area (Å²) >= 11 is 5.77. The molecule has 1 aromatic heterocycles. The molecular weight excluding hydrogens is 252 g/mol. The number of alkyl halides is 2. The maximum absolute atomic E-state index is 12.1. The van der Waals surface area contributed by atoms with E-state index in [0.717, 1.165) is 0 Å². The topological polar surface area (TPSA) is 58.0 Å². The molecular formula is C10H14ClF2N3O. The van der Waals surface area contributed by atoms with Crippen LogP contribution in [0.5, 0.6) is 0 Å². The Labute approximate surface area is 103 Å². The fraction of sp³-hybridized carbons (Fsp3) is 0.600. The van der Waals surface area contributed by atoms with Gasteiger partial charge in [0.15, 0.2) is 0 Å². The molecule has 2 N–H and O–H groups in total. The summed E-state index contributed by atoms with van der Waals surface area (Å²) < 4.78 is 24.1. The maximum atomic E-state index is 12.1. The van der Waals surface area contributed by atoms with Crippen LogP contribution < -0.4 is 5.32 Å². The van der Waals surface area contributed by atoms with Gasteiger partial charge in [-0.05, 0) is 0 Å². The Hall–Kier alpha value is -1.01. The molecule has 1 unspecified atom stereocenters. The first kappa shape index (κ1) is 14.1. The number of hydrogen-bond acceptors (Lipinski definition) is 4. The van der Waals surface area contributed by atoms with Crippen LogP contribution in [0.15, 0.2) is 6.07 Å². The average molecular weight is 266 g/mol. The summed E-state index contributed by atoms with van der Waals surface area (Å²) in [6.07, 6.45) is -4.52. The largest absolute Gasteiger partial charge is 0.385 e. The van der Waals surface area contributed by atoms with Gasteiger partial charge in [-0.15, -0.1) is 0 Å². The minimum Gasteiger partial charge on any atom is -0.385 e. The summed E-state index contributed by atoms with van der Waals surface area (Å²) in [5.74, 6) is 0.925. The van der Waals surface area contributed by atoms with Crippen molar-refractivity contribution in [1.29, 1.82) is 0 Å². The van der Waals surface area contributed by atoms with Gasteiger partial charge >= 0.3 is 0 Å². The molecule has 0 aliphatic rings. The normalized spacial score (nSPS) is 13.2. The van der Waals surface area contributed by atoms with Gasteiger partial charge in [0.25, 0.3) is 6.43 Å². The molecule has 0 aliphatic heterocycles. The highest BCUT2D eigenvalue weighted by molar-refractivity contribution is 6.29. The van der Waals surface area contributed by atoms with Crippen LogP contribution in [-0.4, -0.2) is 34.1 Å². The van der Waals surface area contributed by atoms with Gasteiger partial charge in [0.2, 0.25) is 0 Å². The van der Waals surface area contributed by atoms with Crippen LogP contribution in [-0.2, 0) is 0 Å². The van der Waals surface area contributed by atoms with Crippen LogP contribution >= 0.6 is 11.6 Å². The highest BCUT2D eigenvalue weighted by Crippen LogP contribution is 2.17. The van der Waals surface area contributed by atoms with Crippen molar-refractivity contribution in [3.63, 3.8) is 0 Å². The molecule has 1 heterocycles. The van der Waals surface area contributed by atoms with E-state index in [1.807, 2.05) is 13.8 Å². The summed E-state index contributed by atoms with van der Waals surface area (Å²) in [6.45, 7) is 3.50. The summed E-state index contributed by atoms with van der Waals surface area (Å²) in [5, 5.41) is 11.8. The van der Waals surface area contributed by atoms with E-state index in [1.165, 1.54) is 6.07 Å². The SMILES string of the molecule is CC(C)c1nc(Cl)cc(NCC(O)C(F)F)n1. The van der Waals surface area contributed by atoms with E-state index in [2.05, 4.69) is 15.3 Å². The number of aliphatic hydroxyl groups is 1. The molecule has 1 atom stereocenters. The van der Waals surface area contributed by atoms with E-state index < -0.39 is 12.5 Å². The Bertz CT molecular complexity index is 377. The molecule has 0 bridgehead atoms. The molecule has 1 aromatic rings. The van der Waals surface area contributed by atoms with E-state index in [-0.39, 0.29) is 17.6 Å². The standard InChI is InChI=1S/C10H14ClF2N3O/c1-5(2)10-15-7(11)3-8(16-10)14-4-6(17)9(12)13/h3,5-6,9,17H,4H2,1-2H3,(H,14,15,16). The first-order valence-electron chi connectivity index (χ1n) is 5.14. The maximum Gasteiger partial charge on any atom is 0.265 e. The number of nitrogens with zero attached hydrogens (tertiary/aromatic N) is 2. The van der Waals surface area contributed by atoms with Gasteiger partial charge in [-0.25, -0.2) is 18.7 Å². The second-order valence-electron chi connectivity index (χ2n) is 3.87. The second kappa shape index (κ2) is 6.07. The van der Waals surface area contributed by atoms with Crippen molar-refractivity contribution in [2.24, 2.45) is 0 Å². The summed E-state index contributed by atoms with van der Waals surface area (Å²) in [6, 6.07) is 1.42. The van der Waals surface area contributed by atoms with Crippen LogP contribution in [0.2, 0.25) is 5.15 Å². The molecule has 0 spiro atoms. The van der Waals surface area contributed by atoms with Crippen molar-refractivity contribution in [3.05, 3.63) is 17.0 Å². The van der Waals surface area contributed by atoms with Gasteiger partial charge in [-0.2, -0.15) is 0 Å². The fourth-order valence-corrected chi connectivity index (χ4v) is 1.27. The molecule has 0 saturated carbocycles. The van der Waals surface area contributed by atoms with Crippen molar-refractivity contribution in [3.8, 4) is 0 Å². The van der Waals surface area contributed by atoms with Crippen LogP contribution in [0.4, 0.5) is 14.6 Å². The fourth-order valence-electron chi connectivity index (χ4n) is 1.08. The molecule has 0 fully saturated rings. The minimum absolute atomic E-state index is 0.0780. The molecule has 7 heteroatoms. The predicted molar refractivity (Wildman–Crippen MR) is 61.6 cm³/mol. The predicted octanol–water partition coefficient (Wildman–Crippen LogP) is 2.29. The first-order valence-corrected chi connectivity index (χ1v) is 5.52. The number of halogens is 3. The smallest absolute Gasteiger partial charge is 0.265 e. The molecule has 1 rings (SSSR count). The number of rotatable bonds is 5. The average Bonchev–Trinajstić information content (AvgIpc) is 2.24. The van der Waals surface area contributed by atoms with Crippen molar-refractivity contribution >= 4 is 17.4 Å². The minimum atomic E-state index is -2.79. The van der Waals surface area contributed by atoms with Crippen molar-refractivity contribution in [2.45, 2.75) is 32.3 Å². The zero-order chi connectivity index (χ0) is 13.0. The lowest BCUT2D eigenvalue weighted by atomic mass is 10.2. The van der Waals surface area contributed by atoms with Crippen LogP contribution in [0.25, 0.3) is 0 Å². The van der Waals surface area contributed by atoms with Crippen LogP contribution in [0.1, 0.15) is 25.6 Å². The van der Waals surface area contributed by atoms with Gasteiger partial charge in [-0.3, -0.25) is 0 Å². The number of aliphatic hydroxyl groups excluding tert-OH is 1.